The van der Waals surface area contributed by atoms with Crippen LogP contribution in [-0.4, -0.2) is 22.1 Å². The predicted molar refractivity (Wildman–Crippen MR) is 73.7 cm³/mol. The Balaban J connectivity index is 3.54. The van der Waals surface area contributed by atoms with Crippen molar-refractivity contribution < 1.29 is 9.90 Å². The Morgan fingerprint density at radius 2 is 2.00 bits per heavy atom. The maximum atomic E-state index is 11.3. The number of nitrogens with zero attached hydrogens (tertiary/aromatic N) is 1. The molecule has 0 amide bonds. The molecule has 4 nitrogen and oxygen atoms in total. The molecule has 0 unspecified atom stereocenters. The Bertz CT molecular complexity index is 465. The highest BCUT2D eigenvalue weighted by atomic mass is 35.5. The molecule has 2 N–H and O–H groups in total. The Morgan fingerprint density at radius 3 is 2.39 bits per heavy atom. The van der Waals surface area contributed by atoms with Gasteiger partial charge in [-0.3, -0.25) is 0 Å². The fourth-order valence-corrected chi connectivity index (χ4v) is 1.91. The van der Waals surface area contributed by atoms with Crippen molar-refractivity contribution in [3.05, 3.63) is 22.5 Å². The first-order chi connectivity index (χ1) is 8.14. The van der Waals surface area contributed by atoms with Crippen molar-refractivity contribution in [3.8, 4) is 0 Å². The van der Waals surface area contributed by atoms with E-state index in [9.17, 15) is 9.90 Å². The van der Waals surface area contributed by atoms with Gasteiger partial charge in [0.05, 0.1) is 5.69 Å². The third-order valence-electron chi connectivity index (χ3n) is 2.49. The predicted octanol–water partition coefficient (Wildman–Crippen LogP) is 3.55. The molecule has 0 aliphatic heterocycles. The van der Waals surface area contributed by atoms with Crippen molar-refractivity contribution in [1.82, 2.24) is 4.98 Å². The molecule has 5 heteroatoms. The van der Waals surface area contributed by atoms with Gasteiger partial charge in [-0.05, 0) is 24.8 Å². The minimum Gasteiger partial charge on any atom is -0.478 e. The minimum atomic E-state index is -1.07. The largest absolute Gasteiger partial charge is 0.478 e. The quantitative estimate of drug-likeness (QED) is 0.825. The van der Waals surface area contributed by atoms with E-state index in [1.807, 2.05) is 34.6 Å². The van der Waals surface area contributed by atoms with Gasteiger partial charge >= 0.3 is 5.97 Å². The maximum absolute atomic E-state index is 11.3. The van der Waals surface area contributed by atoms with E-state index in [-0.39, 0.29) is 22.2 Å². The van der Waals surface area contributed by atoms with E-state index in [1.54, 1.807) is 6.20 Å². The smallest absolute Gasteiger partial charge is 0.340 e. The number of aromatic carboxylic acids is 1. The summed E-state index contributed by atoms with van der Waals surface area (Å²) >= 11 is 5.90. The van der Waals surface area contributed by atoms with Crippen molar-refractivity contribution in [2.45, 2.75) is 46.1 Å². The molecular formula is C13H19ClN2O2. The summed E-state index contributed by atoms with van der Waals surface area (Å²) < 4.78 is 0. The van der Waals surface area contributed by atoms with Crippen LogP contribution in [0.3, 0.4) is 0 Å². The molecule has 1 aromatic rings. The topological polar surface area (TPSA) is 62.2 Å². The average molecular weight is 271 g/mol. The third kappa shape index (κ3) is 3.13. The molecular weight excluding hydrogens is 252 g/mol. The Morgan fingerprint density at radius 1 is 1.44 bits per heavy atom. The third-order valence-corrected chi connectivity index (χ3v) is 2.77. The fourth-order valence-electron chi connectivity index (χ4n) is 1.69. The van der Waals surface area contributed by atoms with Gasteiger partial charge in [0.1, 0.15) is 10.7 Å². The molecule has 1 rings (SSSR count). The first-order valence-corrected chi connectivity index (χ1v) is 6.21. The van der Waals surface area contributed by atoms with Crippen LogP contribution in [0.4, 0.5) is 5.69 Å². The van der Waals surface area contributed by atoms with Crippen LogP contribution < -0.4 is 5.32 Å². The number of pyridine rings is 1. The second kappa shape index (κ2) is 5.14. The summed E-state index contributed by atoms with van der Waals surface area (Å²) in [5.74, 6) is -1.07. The number of carboxylic acids is 1. The number of anilines is 1. The van der Waals surface area contributed by atoms with Gasteiger partial charge in [-0.2, -0.15) is 0 Å². The Labute approximate surface area is 112 Å². The monoisotopic (exact) mass is 270 g/mol. The zero-order valence-electron chi connectivity index (χ0n) is 11.3. The van der Waals surface area contributed by atoms with Crippen LogP contribution in [-0.2, 0) is 5.41 Å². The van der Waals surface area contributed by atoms with E-state index >= 15 is 0 Å². The van der Waals surface area contributed by atoms with Crippen LogP contribution in [0.25, 0.3) is 0 Å². The van der Waals surface area contributed by atoms with Crippen LogP contribution in [0.2, 0.25) is 5.15 Å². The Kier molecular flexibility index (Phi) is 4.22. The maximum Gasteiger partial charge on any atom is 0.340 e. The number of carbonyl (C=O) groups is 1. The first kappa shape index (κ1) is 14.8. The van der Waals surface area contributed by atoms with Crippen LogP contribution in [0, 0.1) is 0 Å². The molecule has 0 aliphatic rings. The highest BCUT2D eigenvalue weighted by molar-refractivity contribution is 6.33. The fraction of sp³-hybridized carbons (Fsp3) is 0.538. The van der Waals surface area contributed by atoms with Gasteiger partial charge in [0, 0.05) is 12.2 Å². The molecule has 0 radical (unpaired) electrons. The van der Waals surface area contributed by atoms with E-state index in [0.29, 0.717) is 5.69 Å². The molecule has 0 saturated carbocycles. The van der Waals surface area contributed by atoms with Gasteiger partial charge in [0.25, 0.3) is 0 Å². The summed E-state index contributed by atoms with van der Waals surface area (Å²) in [5.41, 5.74) is 1.24. The van der Waals surface area contributed by atoms with Crippen molar-refractivity contribution in [2.24, 2.45) is 0 Å². The molecule has 0 atom stereocenters. The summed E-state index contributed by atoms with van der Waals surface area (Å²) in [6.07, 6.45) is 1.64. The van der Waals surface area contributed by atoms with Crippen LogP contribution >= 0.6 is 11.6 Å². The summed E-state index contributed by atoms with van der Waals surface area (Å²) in [6.45, 7) is 9.93. The molecule has 0 aliphatic carbocycles. The summed E-state index contributed by atoms with van der Waals surface area (Å²) in [6, 6.07) is 0.114. The lowest BCUT2D eigenvalue weighted by atomic mass is 9.85. The lowest BCUT2D eigenvalue weighted by Crippen LogP contribution is -2.22. The molecule has 0 aromatic carbocycles. The molecule has 100 valence electrons. The van der Waals surface area contributed by atoms with Gasteiger partial charge in [-0.15, -0.1) is 0 Å². The van der Waals surface area contributed by atoms with Crippen molar-refractivity contribution in [1.29, 1.82) is 0 Å². The van der Waals surface area contributed by atoms with E-state index in [1.165, 1.54) is 0 Å². The number of nitrogens with one attached hydrogen (secondary N) is 1. The standard InChI is InChI=1S/C13H19ClN2O2/c1-7(2)16-10-8(13(3,4)5)6-15-11(14)9(10)12(17)18/h6-7H,1-5H3,(H,15,16)(H,17,18). The summed E-state index contributed by atoms with van der Waals surface area (Å²) in [5, 5.41) is 12.5. The van der Waals surface area contributed by atoms with Gasteiger partial charge in [-0.1, -0.05) is 32.4 Å². The van der Waals surface area contributed by atoms with Crippen molar-refractivity contribution in [3.63, 3.8) is 0 Å². The second-order valence-electron chi connectivity index (χ2n) is 5.57. The lowest BCUT2D eigenvalue weighted by Gasteiger charge is -2.25. The minimum absolute atomic E-state index is 0.0126. The molecule has 18 heavy (non-hydrogen) atoms. The van der Waals surface area contributed by atoms with E-state index in [2.05, 4.69) is 10.3 Å². The van der Waals surface area contributed by atoms with E-state index in [0.717, 1.165) is 5.56 Å². The normalized spacial score (nSPS) is 11.7. The van der Waals surface area contributed by atoms with E-state index < -0.39 is 5.97 Å². The Hall–Kier alpha value is -1.29. The summed E-state index contributed by atoms with van der Waals surface area (Å²) in [7, 11) is 0. The SMILES string of the molecule is CC(C)Nc1c(C(C)(C)C)cnc(Cl)c1C(=O)O. The van der Waals surface area contributed by atoms with Crippen molar-refractivity contribution >= 4 is 23.3 Å². The first-order valence-electron chi connectivity index (χ1n) is 5.83. The zero-order chi connectivity index (χ0) is 14.1. The molecule has 1 aromatic heterocycles. The van der Waals surface area contributed by atoms with Crippen LogP contribution in [0.15, 0.2) is 6.20 Å². The lowest BCUT2D eigenvalue weighted by molar-refractivity contribution is 0.0697. The highest BCUT2D eigenvalue weighted by Crippen LogP contribution is 2.34. The van der Waals surface area contributed by atoms with Gasteiger partial charge in [0.15, 0.2) is 0 Å². The van der Waals surface area contributed by atoms with Crippen LogP contribution in [0.1, 0.15) is 50.5 Å². The van der Waals surface area contributed by atoms with Gasteiger partial charge < -0.3 is 10.4 Å². The number of halogens is 1. The molecule has 0 fully saturated rings. The number of hydrogen-bond donors (Lipinski definition) is 2. The molecule has 0 saturated heterocycles. The van der Waals surface area contributed by atoms with Gasteiger partial charge in [-0.25, -0.2) is 9.78 Å². The molecule has 0 bridgehead atoms. The zero-order valence-corrected chi connectivity index (χ0v) is 12.1. The number of rotatable bonds is 3. The number of hydrogen-bond acceptors (Lipinski definition) is 3. The highest BCUT2D eigenvalue weighted by Gasteiger charge is 2.26. The average Bonchev–Trinajstić information content (AvgIpc) is 2.13. The van der Waals surface area contributed by atoms with E-state index in [4.69, 9.17) is 11.6 Å². The molecule has 0 spiro atoms. The van der Waals surface area contributed by atoms with Gasteiger partial charge in [0.2, 0.25) is 0 Å². The molecule has 1 heterocycles. The summed E-state index contributed by atoms with van der Waals surface area (Å²) in [4.78, 5) is 15.3. The second-order valence-corrected chi connectivity index (χ2v) is 5.92. The van der Waals surface area contributed by atoms with Crippen LogP contribution in [0.5, 0.6) is 0 Å². The number of carboxylic acid groups (broad SMARTS) is 1. The number of aromatic nitrogens is 1. The van der Waals surface area contributed by atoms with Crippen molar-refractivity contribution in [2.75, 3.05) is 5.32 Å².